The van der Waals surface area contributed by atoms with Gasteiger partial charge in [0.1, 0.15) is 6.10 Å². The molecular formula is C11H17NO2. The van der Waals surface area contributed by atoms with Crippen LogP contribution in [-0.2, 0) is 9.53 Å². The second-order valence-electron chi connectivity index (χ2n) is 3.46. The van der Waals surface area contributed by atoms with E-state index in [4.69, 9.17) is 4.74 Å². The first-order valence-corrected chi connectivity index (χ1v) is 4.95. The van der Waals surface area contributed by atoms with Gasteiger partial charge >= 0.3 is 5.97 Å². The van der Waals surface area contributed by atoms with E-state index < -0.39 is 0 Å². The molecule has 1 atom stereocenters. The number of carbonyl (C=O) groups is 1. The predicted molar refractivity (Wildman–Crippen MR) is 55.7 cm³/mol. The molecule has 1 unspecified atom stereocenters. The third-order valence-corrected chi connectivity index (χ3v) is 2.10. The molecule has 0 amide bonds. The summed E-state index contributed by atoms with van der Waals surface area (Å²) < 4.78 is 5.27. The summed E-state index contributed by atoms with van der Waals surface area (Å²) in [5.41, 5.74) is 1.48. The Hall–Kier alpha value is -1.25. The molecule has 0 bridgehead atoms. The second kappa shape index (κ2) is 4.84. The Bertz CT molecular complexity index is 268. The number of allylic oxidation sites excluding steroid dienone is 1. The van der Waals surface area contributed by atoms with Gasteiger partial charge in [-0.3, -0.25) is 0 Å². The van der Waals surface area contributed by atoms with Crippen molar-refractivity contribution in [3.8, 4) is 0 Å². The van der Waals surface area contributed by atoms with Crippen LogP contribution in [0.15, 0.2) is 23.9 Å². The van der Waals surface area contributed by atoms with Crippen LogP contribution in [0.5, 0.6) is 0 Å². The molecule has 0 radical (unpaired) electrons. The minimum atomic E-state index is -0.305. The average molecular weight is 195 g/mol. The zero-order valence-corrected chi connectivity index (χ0v) is 8.80. The van der Waals surface area contributed by atoms with Crippen molar-refractivity contribution in [2.45, 2.75) is 32.8 Å². The Morgan fingerprint density at radius 1 is 1.79 bits per heavy atom. The first-order valence-electron chi connectivity index (χ1n) is 4.95. The van der Waals surface area contributed by atoms with E-state index in [0.29, 0.717) is 5.57 Å². The summed E-state index contributed by atoms with van der Waals surface area (Å²) in [7, 11) is 0. The smallest absolute Gasteiger partial charge is 0.333 e. The number of hydrogen-bond donors (Lipinski definition) is 1. The number of hydrogen-bond acceptors (Lipinski definition) is 3. The topological polar surface area (TPSA) is 38.3 Å². The summed E-state index contributed by atoms with van der Waals surface area (Å²) in [6.07, 6.45) is 3.76. The van der Waals surface area contributed by atoms with E-state index in [0.717, 1.165) is 25.1 Å². The Balaban J connectivity index is 2.56. The number of ether oxygens (including phenoxy) is 1. The maximum Gasteiger partial charge on any atom is 0.333 e. The Labute approximate surface area is 84.8 Å². The van der Waals surface area contributed by atoms with Crippen molar-refractivity contribution in [2.75, 3.05) is 6.54 Å². The molecule has 78 valence electrons. The van der Waals surface area contributed by atoms with E-state index in [9.17, 15) is 4.79 Å². The first kappa shape index (κ1) is 10.8. The Morgan fingerprint density at radius 2 is 2.50 bits per heavy atom. The van der Waals surface area contributed by atoms with E-state index in [1.165, 1.54) is 0 Å². The lowest BCUT2D eigenvalue weighted by molar-refractivity contribution is -0.142. The van der Waals surface area contributed by atoms with Crippen LogP contribution in [0.1, 0.15) is 26.7 Å². The van der Waals surface area contributed by atoms with E-state index in [1.54, 1.807) is 6.92 Å². The second-order valence-corrected chi connectivity index (χ2v) is 3.46. The minimum absolute atomic E-state index is 0.0980. The van der Waals surface area contributed by atoms with Crippen molar-refractivity contribution in [2.24, 2.45) is 0 Å². The van der Waals surface area contributed by atoms with Gasteiger partial charge in [-0.05, 0) is 13.3 Å². The van der Waals surface area contributed by atoms with Crippen LogP contribution in [0.4, 0.5) is 0 Å². The zero-order chi connectivity index (χ0) is 10.6. The molecule has 0 aliphatic carbocycles. The predicted octanol–water partition coefficient (Wildman–Crippen LogP) is 1.76. The highest BCUT2D eigenvalue weighted by molar-refractivity contribution is 5.87. The fourth-order valence-electron chi connectivity index (χ4n) is 1.39. The van der Waals surface area contributed by atoms with Gasteiger partial charge in [0.15, 0.2) is 0 Å². The SMILES string of the molecule is C=C(C)C(=O)OC1CCN/C1=C/CC. The van der Waals surface area contributed by atoms with Crippen LogP contribution < -0.4 is 5.32 Å². The highest BCUT2D eigenvalue weighted by Crippen LogP contribution is 2.16. The third kappa shape index (κ3) is 2.62. The monoisotopic (exact) mass is 195 g/mol. The minimum Gasteiger partial charge on any atom is -0.453 e. The quantitative estimate of drug-likeness (QED) is 0.551. The summed E-state index contributed by atoms with van der Waals surface area (Å²) in [4.78, 5) is 11.3. The molecule has 0 spiro atoms. The van der Waals surface area contributed by atoms with Gasteiger partial charge in [0.25, 0.3) is 0 Å². The number of esters is 1. The molecular weight excluding hydrogens is 178 g/mol. The van der Waals surface area contributed by atoms with Crippen LogP contribution in [0.25, 0.3) is 0 Å². The summed E-state index contributed by atoms with van der Waals surface area (Å²) in [6.45, 7) is 8.15. The largest absolute Gasteiger partial charge is 0.453 e. The summed E-state index contributed by atoms with van der Waals surface area (Å²) in [6, 6.07) is 0. The van der Waals surface area contributed by atoms with Gasteiger partial charge in [-0.1, -0.05) is 19.6 Å². The van der Waals surface area contributed by atoms with Gasteiger partial charge in [-0.15, -0.1) is 0 Å². The van der Waals surface area contributed by atoms with E-state index in [-0.39, 0.29) is 12.1 Å². The van der Waals surface area contributed by atoms with Gasteiger partial charge < -0.3 is 10.1 Å². The summed E-state index contributed by atoms with van der Waals surface area (Å²) in [5.74, 6) is -0.305. The lowest BCUT2D eigenvalue weighted by atomic mass is 10.2. The third-order valence-electron chi connectivity index (χ3n) is 2.10. The average Bonchev–Trinajstić information content (AvgIpc) is 2.53. The fourth-order valence-corrected chi connectivity index (χ4v) is 1.39. The van der Waals surface area contributed by atoms with Crippen LogP contribution in [0, 0.1) is 0 Å². The van der Waals surface area contributed by atoms with Crippen LogP contribution in [0.3, 0.4) is 0 Å². The molecule has 1 heterocycles. The Kier molecular flexibility index (Phi) is 3.74. The van der Waals surface area contributed by atoms with Gasteiger partial charge in [0.05, 0.1) is 0 Å². The first-order chi connectivity index (χ1) is 6.65. The normalized spacial score (nSPS) is 23.3. The summed E-state index contributed by atoms with van der Waals surface area (Å²) in [5, 5.41) is 3.21. The Morgan fingerprint density at radius 3 is 3.07 bits per heavy atom. The van der Waals surface area contributed by atoms with Crippen LogP contribution in [0.2, 0.25) is 0 Å². The fraction of sp³-hybridized carbons (Fsp3) is 0.545. The number of nitrogens with one attached hydrogen (secondary N) is 1. The van der Waals surface area contributed by atoms with Crippen molar-refractivity contribution >= 4 is 5.97 Å². The van der Waals surface area contributed by atoms with Crippen molar-refractivity contribution in [1.29, 1.82) is 0 Å². The van der Waals surface area contributed by atoms with Gasteiger partial charge in [0, 0.05) is 24.2 Å². The van der Waals surface area contributed by atoms with Crippen molar-refractivity contribution in [3.05, 3.63) is 23.9 Å². The molecule has 1 N–H and O–H groups in total. The molecule has 1 fully saturated rings. The van der Waals surface area contributed by atoms with Crippen molar-refractivity contribution < 1.29 is 9.53 Å². The van der Waals surface area contributed by atoms with Crippen molar-refractivity contribution in [3.63, 3.8) is 0 Å². The molecule has 14 heavy (non-hydrogen) atoms. The lowest BCUT2D eigenvalue weighted by Crippen LogP contribution is -2.19. The van der Waals surface area contributed by atoms with E-state index in [1.807, 2.05) is 0 Å². The molecule has 1 aliphatic heterocycles. The zero-order valence-electron chi connectivity index (χ0n) is 8.80. The lowest BCUT2D eigenvalue weighted by Gasteiger charge is -2.12. The van der Waals surface area contributed by atoms with Crippen LogP contribution in [-0.4, -0.2) is 18.6 Å². The molecule has 0 saturated carbocycles. The maximum absolute atomic E-state index is 11.3. The molecule has 0 aromatic rings. The van der Waals surface area contributed by atoms with Crippen LogP contribution >= 0.6 is 0 Å². The van der Waals surface area contributed by atoms with E-state index >= 15 is 0 Å². The van der Waals surface area contributed by atoms with E-state index in [2.05, 4.69) is 24.9 Å². The van der Waals surface area contributed by atoms with Gasteiger partial charge in [-0.25, -0.2) is 4.79 Å². The maximum atomic E-state index is 11.3. The standard InChI is InChI=1S/C11H17NO2/c1-4-5-9-10(6-7-12-9)14-11(13)8(2)3/h5,10,12H,2,4,6-7H2,1,3H3/b9-5+. The van der Waals surface area contributed by atoms with Crippen molar-refractivity contribution in [1.82, 2.24) is 5.32 Å². The summed E-state index contributed by atoms with van der Waals surface area (Å²) >= 11 is 0. The number of rotatable bonds is 3. The highest BCUT2D eigenvalue weighted by atomic mass is 16.5. The number of carbonyl (C=O) groups excluding carboxylic acids is 1. The van der Waals surface area contributed by atoms with Gasteiger partial charge in [-0.2, -0.15) is 0 Å². The molecule has 3 heteroatoms. The highest BCUT2D eigenvalue weighted by Gasteiger charge is 2.23. The van der Waals surface area contributed by atoms with Gasteiger partial charge in [0.2, 0.25) is 0 Å². The molecule has 1 saturated heterocycles. The molecule has 1 rings (SSSR count). The molecule has 1 aliphatic rings. The molecule has 3 nitrogen and oxygen atoms in total. The molecule has 0 aromatic carbocycles. The molecule has 0 aromatic heterocycles.